The number of halogens is 2. The van der Waals surface area contributed by atoms with Crippen LogP contribution in [0.1, 0.15) is 27.8 Å². The molecule has 8 rings (SSSR count). The summed E-state index contributed by atoms with van der Waals surface area (Å²) in [6.45, 7) is 10.8. The molecule has 0 heterocycles. The Morgan fingerprint density at radius 3 is 1.20 bits per heavy atom. The Bertz CT molecular complexity index is 2720. The molecule has 0 saturated carbocycles. The summed E-state index contributed by atoms with van der Waals surface area (Å²) in [5, 5.41) is 4.02. The molecule has 0 aliphatic carbocycles. The van der Waals surface area contributed by atoms with Crippen LogP contribution in [0, 0.1) is 34.6 Å². The largest absolute Gasteiger partial charge is 0.496 e. The molecule has 0 aliphatic heterocycles. The molecule has 8 aromatic rings. The van der Waals surface area contributed by atoms with Gasteiger partial charge in [-0.2, -0.15) is 0 Å². The molecule has 0 atom stereocenters. The maximum Gasteiger partial charge on any atom is 0.127 e. The molecule has 0 amide bonds. The Balaban J connectivity index is 0.000000197. The quantitative estimate of drug-likeness (QED) is 0.134. The van der Waals surface area contributed by atoms with Crippen LogP contribution in [0.2, 0.25) is 0 Å². The van der Waals surface area contributed by atoms with Gasteiger partial charge in [0.2, 0.25) is 0 Å². The van der Waals surface area contributed by atoms with Crippen molar-refractivity contribution in [1.29, 1.82) is 0 Å². The van der Waals surface area contributed by atoms with Crippen molar-refractivity contribution < 1.29 is 9.47 Å². The van der Waals surface area contributed by atoms with Gasteiger partial charge in [-0.15, -0.1) is 0 Å². The van der Waals surface area contributed by atoms with E-state index in [0.717, 1.165) is 31.6 Å². The van der Waals surface area contributed by atoms with Crippen LogP contribution in [0.5, 0.6) is 11.5 Å². The molecule has 0 spiro atoms. The van der Waals surface area contributed by atoms with Gasteiger partial charge < -0.3 is 9.47 Å². The summed E-state index contributed by atoms with van der Waals surface area (Å²) in [5.74, 6) is 1.79. The minimum Gasteiger partial charge on any atom is -0.496 e. The molecule has 5 heteroatoms. The molecule has 0 fully saturated rings. The summed E-state index contributed by atoms with van der Waals surface area (Å²) in [7, 11) is 2.74. The van der Waals surface area contributed by atoms with Crippen molar-refractivity contribution in [3.05, 3.63) is 207 Å². The fourth-order valence-corrected chi connectivity index (χ4v) is 11.2. The van der Waals surface area contributed by atoms with Gasteiger partial charge in [0.05, 0.1) is 14.2 Å². The van der Waals surface area contributed by atoms with Gasteiger partial charge in [0.25, 0.3) is 0 Å². The average Bonchev–Trinajstić information content (AvgIpc) is 3.27. The number of methoxy groups -OCH3 is 2. The SMILES string of the molecule is COc1ccc(C)c(-c2ccccc2C)c1-c1cc(Br)ccc1C.COc1ccc(C)c(-c2ccccc2P(c2ccccc2)c2ccccc2)c1-c1cc(Br)ccc1C. The summed E-state index contributed by atoms with van der Waals surface area (Å²) >= 11 is 7.31. The van der Waals surface area contributed by atoms with E-state index in [1.165, 1.54) is 77.1 Å². The highest BCUT2D eigenvalue weighted by Gasteiger charge is 2.25. The Hall–Kier alpha value is -5.25. The van der Waals surface area contributed by atoms with Crippen LogP contribution in [0.15, 0.2) is 179 Å². The summed E-state index contributed by atoms with van der Waals surface area (Å²) in [4.78, 5) is 0. The second kappa shape index (κ2) is 19.4. The molecule has 300 valence electrons. The van der Waals surface area contributed by atoms with Crippen molar-refractivity contribution in [1.82, 2.24) is 0 Å². The molecule has 0 aliphatic rings. The van der Waals surface area contributed by atoms with Gasteiger partial charge >= 0.3 is 0 Å². The van der Waals surface area contributed by atoms with Gasteiger partial charge in [-0.3, -0.25) is 0 Å². The number of ether oxygens (including phenoxy) is 2. The minimum atomic E-state index is -0.762. The molecule has 60 heavy (non-hydrogen) atoms. The third-order valence-electron chi connectivity index (χ3n) is 11.0. The molecule has 8 aromatic carbocycles. The number of rotatable bonds is 9. The van der Waals surface area contributed by atoms with Crippen molar-refractivity contribution in [2.45, 2.75) is 34.6 Å². The van der Waals surface area contributed by atoms with Crippen molar-refractivity contribution in [2.75, 3.05) is 14.2 Å². The third-order valence-corrected chi connectivity index (χ3v) is 14.5. The standard InChI is InChI=1S/C33H28BrOP.C22H21BrO/c1-23-18-20-25(34)22-29(23)33-30(35-3)21-19-24(2)32(33)28-16-10-11-17-31(28)36(26-12-6-4-7-13-26)27-14-8-5-9-15-27;1-14-7-5-6-8-18(14)21-16(3)10-12-20(24-4)22(21)19-13-17(23)11-9-15(19)2/h4-22H,1-3H3;5-13H,1-4H3. The van der Waals surface area contributed by atoms with Crippen LogP contribution in [0.25, 0.3) is 44.5 Å². The van der Waals surface area contributed by atoms with E-state index in [1.54, 1.807) is 14.2 Å². The highest BCUT2D eigenvalue weighted by molar-refractivity contribution is 9.10. The number of benzene rings is 8. The molecule has 0 radical (unpaired) electrons. The van der Waals surface area contributed by atoms with Gasteiger partial charge in [-0.25, -0.2) is 0 Å². The van der Waals surface area contributed by atoms with Crippen LogP contribution in [0.4, 0.5) is 0 Å². The van der Waals surface area contributed by atoms with E-state index in [0.29, 0.717) is 0 Å². The van der Waals surface area contributed by atoms with Crippen LogP contribution < -0.4 is 25.4 Å². The maximum absolute atomic E-state index is 5.97. The normalized spacial score (nSPS) is 10.9. The van der Waals surface area contributed by atoms with Crippen molar-refractivity contribution in [3.63, 3.8) is 0 Å². The lowest BCUT2D eigenvalue weighted by atomic mass is 9.87. The molecule has 0 saturated heterocycles. The number of hydrogen-bond acceptors (Lipinski definition) is 2. The van der Waals surface area contributed by atoms with E-state index >= 15 is 0 Å². The van der Waals surface area contributed by atoms with Crippen LogP contribution >= 0.6 is 39.8 Å². The molecule has 2 nitrogen and oxygen atoms in total. The number of aryl methyl sites for hydroxylation is 5. The Labute approximate surface area is 374 Å². The van der Waals surface area contributed by atoms with E-state index in [-0.39, 0.29) is 0 Å². The zero-order valence-corrected chi connectivity index (χ0v) is 39.3. The zero-order chi connectivity index (χ0) is 42.3. The Morgan fingerprint density at radius 2 is 0.733 bits per heavy atom. The first-order chi connectivity index (χ1) is 29.1. The summed E-state index contributed by atoms with van der Waals surface area (Å²) in [6, 6.07) is 60.5. The van der Waals surface area contributed by atoms with E-state index < -0.39 is 7.92 Å². The van der Waals surface area contributed by atoms with Crippen molar-refractivity contribution in [2.24, 2.45) is 0 Å². The van der Waals surface area contributed by atoms with E-state index in [1.807, 2.05) is 0 Å². The molecular formula is C55H49Br2O2P. The van der Waals surface area contributed by atoms with Gasteiger partial charge in [-0.05, 0) is 156 Å². The predicted octanol–water partition coefficient (Wildman–Crippen LogP) is 14.9. The maximum atomic E-state index is 5.97. The first-order valence-electron chi connectivity index (χ1n) is 20.0. The summed E-state index contributed by atoms with van der Waals surface area (Å²) < 4.78 is 13.8. The monoisotopic (exact) mass is 930 g/mol. The lowest BCUT2D eigenvalue weighted by Gasteiger charge is -2.25. The number of hydrogen-bond donors (Lipinski definition) is 0. The zero-order valence-electron chi connectivity index (χ0n) is 35.2. The van der Waals surface area contributed by atoms with Gasteiger partial charge in [0, 0.05) is 20.1 Å². The lowest BCUT2D eigenvalue weighted by Crippen LogP contribution is -2.22. The fraction of sp³-hybridized carbons (Fsp3) is 0.127. The first kappa shape index (κ1) is 42.9. The summed E-state index contributed by atoms with van der Waals surface area (Å²) in [5.41, 5.74) is 15.8. The highest BCUT2D eigenvalue weighted by Crippen LogP contribution is 2.47. The third kappa shape index (κ3) is 9.08. The predicted molar refractivity (Wildman–Crippen MR) is 266 cm³/mol. The van der Waals surface area contributed by atoms with Crippen LogP contribution in [-0.2, 0) is 0 Å². The van der Waals surface area contributed by atoms with E-state index in [4.69, 9.17) is 9.47 Å². The molecule has 0 N–H and O–H groups in total. The fourth-order valence-electron chi connectivity index (χ4n) is 7.99. The average molecular weight is 933 g/mol. The van der Waals surface area contributed by atoms with Crippen LogP contribution in [0.3, 0.4) is 0 Å². The second-order valence-corrected chi connectivity index (χ2v) is 18.9. The first-order valence-corrected chi connectivity index (χ1v) is 23.0. The van der Waals surface area contributed by atoms with Crippen LogP contribution in [-0.4, -0.2) is 14.2 Å². The Morgan fingerprint density at radius 1 is 0.350 bits per heavy atom. The van der Waals surface area contributed by atoms with Gasteiger partial charge in [0.15, 0.2) is 0 Å². The molecule has 0 bridgehead atoms. The second-order valence-electron chi connectivity index (χ2n) is 14.9. The van der Waals surface area contributed by atoms with Gasteiger partial charge in [0.1, 0.15) is 11.5 Å². The van der Waals surface area contributed by atoms with Crippen molar-refractivity contribution in [3.8, 4) is 56.0 Å². The minimum absolute atomic E-state index is 0.762. The highest BCUT2D eigenvalue weighted by atomic mass is 79.9. The lowest BCUT2D eigenvalue weighted by molar-refractivity contribution is 0.416. The Kier molecular flexibility index (Phi) is 13.9. The van der Waals surface area contributed by atoms with E-state index in [2.05, 4.69) is 236 Å². The molecule has 0 aromatic heterocycles. The smallest absolute Gasteiger partial charge is 0.127 e. The molecular weight excluding hydrogens is 883 g/mol. The summed E-state index contributed by atoms with van der Waals surface area (Å²) in [6.07, 6.45) is 0. The molecule has 0 unspecified atom stereocenters. The van der Waals surface area contributed by atoms with Crippen molar-refractivity contribution >= 4 is 55.7 Å². The topological polar surface area (TPSA) is 18.5 Å². The van der Waals surface area contributed by atoms with E-state index in [9.17, 15) is 0 Å². The van der Waals surface area contributed by atoms with Gasteiger partial charge in [-0.1, -0.05) is 165 Å².